The third-order valence-corrected chi connectivity index (χ3v) is 5.58. The summed E-state index contributed by atoms with van der Waals surface area (Å²) in [6.45, 7) is 13.9. The highest BCUT2D eigenvalue weighted by atomic mass is 32.2. The van der Waals surface area contributed by atoms with Crippen molar-refractivity contribution in [3.63, 3.8) is 0 Å². The lowest BCUT2D eigenvalue weighted by atomic mass is 10.2. The molecule has 0 saturated carbocycles. The Hall–Kier alpha value is -2.47. The summed E-state index contributed by atoms with van der Waals surface area (Å²) >= 11 is 1.71. The van der Waals surface area contributed by atoms with Gasteiger partial charge in [-0.15, -0.1) is 0 Å². The van der Waals surface area contributed by atoms with E-state index in [0.717, 1.165) is 40.0 Å². The molecule has 0 spiro atoms. The number of hydrogen-bond acceptors (Lipinski definition) is 6. The van der Waals surface area contributed by atoms with Gasteiger partial charge in [-0.05, 0) is 81.0 Å². The van der Waals surface area contributed by atoms with Crippen LogP contribution in [0.15, 0.2) is 45.9 Å². The van der Waals surface area contributed by atoms with Crippen molar-refractivity contribution in [1.82, 2.24) is 10.1 Å². The smallest absolute Gasteiger partial charge is 0.141 e. The largest absolute Gasteiger partial charge is 0.489 e. The predicted molar refractivity (Wildman–Crippen MR) is 119 cm³/mol. The van der Waals surface area contributed by atoms with Gasteiger partial charge in [-0.1, -0.05) is 25.1 Å². The van der Waals surface area contributed by atoms with E-state index < -0.39 is 0 Å². The first-order valence-electron chi connectivity index (χ1n) is 9.87. The van der Waals surface area contributed by atoms with E-state index in [2.05, 4.69) is 60.3 Å². The van der Waals surface area contributed by atoms with Crippen LogP contribution in [-0.2, 0) is 6.61 Å². The number of hydrogen-bond donors (Lipinski definition) is 0. The first kappa shape index (κ1) is 21.2. The zero-order chi connectivity index (χ0) is 21.0. The molecule has 2 aromatic heterocycles. The van der Waals surface area contributed by atoms with E-state index in [1.54, 1.807) is 11.9 Å². The molecule has 0 amide bonds. The van der Waals surface area contributed by atoms with Gasteiger partial charge in [0.1, 0.15) is 23.9 Å². The normalized spacial score (nSPS) is 11.1. The Morgan fingerprint density at radius 3 is 2.41 bits per heavy atom. The van der Waals surface area contributed by atoms with Gasteiger partial charge < -0.3 is 9.26 Å². The molecular weight excluding hydrogens is 382 g/mol. The highest BCUT2D eigenvalue weighted by Gasteiger charge is 2.15. The lowest BCUT2D eigenvalue weighted by molar-refractivity contribution is 0.301. The summed E-state index contributed by atoms with van der Waals surface area (Å²) in [5.74, 6) is 3.19. The molecule has 0 unspecified atom stereocenters. The number of pyridine rings is 1. The molecule has 3 rings (SSSR count). The maximum absolute atomic E-state index is 5.92. The third kappa shape index (κ3) is 5.54. The van der Waals surface area contributed by atoms with Crippen LogP contribution in [-0.4, -0.2) is 16.7 Å². The van der Waals surface area contributed by atoms with Crippen LogP contribution in [0.1, 0.15) is 42.0 Å². The molecule has 1 aromatic carbocycles. The molecule has 0 N–H and O–H groups in total. The van der Waals surface area contributed by atoms with Gasteiger partial charge in [0, 0.05) is 17.6 Å². The molecule has 0 fully saturated rings. The van der Waals surface area contributed by atoms with Gasteiger partial charge in [0.25, 0.3) is 0 Å². The van der Waals surface area contributed by atoms with Crippen LogP contribution < -0.4 is 9.04 Å². The van der Waals surface area contributed by atoms with E-state index >= 15 is 0 Å². The fourth-order valence-electron chi connectivity index (χ4n) is 3.06. The number of aryl methyl sites for hydroxylation is 4. The molecule has 29 heavy (non-hydrogen) atoms. The number of ether oxygens (including phenoxy) is 1. The Labute approximate surface area is 177 Å². The number of anilines is 1. The van der Waals surface area contributed by atoms with E-state index in [-0.39, 0.29) is 0 Å². The van der Waals surface area contributed by atoms with Crippen molar-refractivity contribution in [3.05, 3.63) is 64.7 Å². The van der Waals surface area contributed by atoms with Gasteiger partial charge in [-0.3, -0.25) is 4.31 Å². The molecule has 2 heterocycles. The lowest BCUT2D eigenvalue weighted by Gasteiger charge is -2.25. The first-order valence-corrected chi connectivity index (χ1v) is 10.6. The van der Waals surface area contributed by atoms with Crippen molar-refractivity contribution >= 4 is 17.8 Å². The van der Waals surface area contributed by atoms with Crippen LogP contribution in [0.25, 0.3) is 0 Å². The number of benzene rings is 1. The average molecular weight is 412 g/mol. The quantitative estimate of drug-likeness (QED) is 0.420. The zero-order valence-corrected chi connectivity index (χ0v) is 18.8. The van der Waals surface area contributed by atoms with Crippen molar-refractivity contribution in [3.8, 4) is 5.75 Å². The molecule has 6 heteroatoms. The minimum absolute atomic E-state index is 0.458. The van der Waals surface area contributed by atoms with Crippen LogP contribution in [0.3, 0.4) is 0 Å². The third-order valence-electron chi connectivity index (χ3n) is 4.56. The summed E-state index contributed by atoms with van der Waals surface area (Å²) in [7, 11) is 0. The van der Waals surface area contributed by atoms with Crippen molar-refractivity contribution < 1.29 is 9.26 Å². The van der Waals surface area contributed by atoms with Gasteiger partial charge in [-0.25, -0.2) is 4.98 Å². The van der Waals surface area contributed by atoms with Gasteiger partial charge >= 0.3 is 0 Å². The van der Waals surface area contributed by atoms with Crippen molar-refractivity contribution in [2.24, 2.45) is 5.92 Å². The summed E-state index contributed by atoms with van der Waals surface area (Å²) in [6.07, 6.45) is 1.93. The van der Waals surface area contributed by atoms with Crippen LogP contribution >= 0.6 is 11.9 Å². The Morgan fingerprint density at radius 1 is 1.10 bits per heavy atom. The molecule has 0 aliphatic heterocycles. The van der Waals surface area contributed by atoms with Crippen molar-refractivity contribution in [2.45, 2.75) is 53.0 Å². The topological polar surface area (TPSA) is 51.4 Å². The minimum Gasteiger partial charge on any atom is -0.489 e. The summed E-state index contributed by atoms with van der Waals surface area (Å²) in [4.78, 5) is 5.84. The summed E-state index contributed by atoms with van der Waals surface area (Å²) < 4.78 is 13.4. The van der Waals surface area contributed by atoms with E-state index in [4.69, 9.17) is 9.26 Å². The maximum atomic E-state index is 5.92. The van der Waals surface area contributed by atoms with E-state index in [9.17, 15) is 0 Å². The maximum Gasteiger partial charge on any atom is 0.141 e. The van der Waals surface area contributed by atoms with Gasteiger partial charge in [0.2, 0.25) is 0 Å². The van der Waals surface area contributed by atoms with Gasteiger partial charge in [-0.2, -0.15) is 0 Å². The number of aromatic nitrogens is 2. The van der Waals surface area contributed by atoms with Crippen LogP contribution in [0, 0.1) is 33.6 Å². The SMILES string of the molecule is Cc1cnc(N(CC(C)C)Sc2ccc(OCc3c(C)noc3C)cc2)c(C)c1. The highest BCUT2D eigenvalue weighted by molar-refractivity contribution is 8.00. The zero-order valence-electron chi connectivity index (χ0n) is 18.0. The minimum atomic E-state index is 0.458. The molecule has 0 radical (unpaired) electrons. The molecule has 0 atom stereocenters. The van der Waals surface area contributed by atoms with Crippen molar-refractivity contribution in [2.75, 3.05) is 10.8 Å². The predicted octanol–water partition coefficient (Wildman–Crippen LogP) is 6.05. The molecule has 3 aromatic rings. The number of rotatable bonds is 8. The number of nitrogens with zero attached hydrogens (tertiary/aromatic N) is 3. The fraction of sp³-hybridized carbons (Fsp3) is 0.391. The molecule has 0 saturated heterocycles. The molecule has 0 aliphatic carbocycles. The fourth-order valence-corrected chi connectivity index (χ4v) is 4.22. The second-order valence-corrected chi connectivity index (χ2v) is 8.86. The Kier molecular flexibility index (Phi) is 6.85. The standard InChI is InChI=1S/C23H29N3O2S/c1-15(2)13-26(23-17(4)11-16(3)12-24-23)29-21-9-7-20(8-10-21)27-14-22-18(5)25-28-19(22)6/h7-12,15H,13-14H2,1-6H3. The van der Waals surface area contributed by atoms with E-state index in [1.165, 1.54) is 11.1 Å². The summed E-state index contributed by atoms with van der Waals surface area (Å²) in [6, 6.07) is 10.4. The average Bonchev–Trinajstić information content (AvgIpc) is 2.98. The van der Waals surface area contributed by atoms with Gasteiger partial charge in [0.15, 0.2) is 0 Å². The lowest BCUT2D eigenvalue weighted by Crippen LogP contribution is -2.22. The molecular formula is C23H29N3O2S. The van der Waals surface area contributed by atoms with Gasteiger partial charge in [0.05, 0.1) is 11.3 Å². The molecule has 0 aliphatic rings. The second-order valence-electron chi connectivity index (χ2n) is 7.76. The Balaban J connectivity index is 1.70. The van der Waals surface area contributed by atoms with E-state index in [0.29, 0.717) is 12.5 Å². The highest BCUT2D eigenvalue weighted by Crippen LogP contribution is 2.32. The summed E-state index contributed by atoms with van der Waals surface area (Å²) in [5.41, 5.74) is 4.26. The van der Waals surface area contributed by atoms with Crippen LogP contribution in [0.5, 0.6) is 5.75 Å². The second kappa shape index (κ2) is 9.35. The molecule has 0 bridgehead atoms. The first-order chi connectivity index (χ1) is 13.8. The van der Waals surface area contributed by atoms with Crippen LogP contribution in [0.4, 0.5) is 5.82 Å². The molecule has 154 valence electrons. The van der Waals surface area contributed by atoms with Crippen LogP contribution in [0.2, 0.25) is 0 Å². The van der Waals surface area contributed by atoms with E-state index in [1.807, 2.05) is 32.2 Å². The summed E-state index contributed by atoms with van der Waals surface area (Å²) in [5, 5.41) is 3.97. The Bertz CT molecular complexity index is 932. The monoisotopic (exact) mass is 411 g/mol. The Morgan fingerprint density at radius 2 is 1.83 bits per heavy atom. The molecule has 5 nitrogen and oxygen atoms in total. The van der Waals surface area contributed by atoms with Crippen molar-refractivity contribution in [1.29, 1.82) is 0 Å².